The predicted molar refractivity (Wildman–Crippen MR) is 64.7 cm³/mol. The second-order valence-corrected chi connectivity index (χ2v) is 4.74. The molecule has 86 valence electrons. The lowest BCUT2D eigenvalue weighted by molar-refractivity contribution is 0.0768. The lowest BCUT2D eigenvalue weighted by Gasteiger charge is -2.19. The van der Waals surface area contributed by atoms with Crippen LogP contribution in [0.2, 0.25) is 0 Å². The molecule has 1 heterocycles. The fourth-order valence-electron chi connectivity index (χ4n) is 1.78. The maximum absolute atomic E-state index is 10.2. The van der Waals surface area contributed by atoms with E-state index in [2.05, 4.69) is 29.8 Å². The van der Waals surface area contributed by atoms with Gasteiger partial charge in [0.05, 0.1) is 10.7 Å². The van der Waals surface area contributed by atoms with Crippen LogP contribution in [0.4, 0.5) is 0 Å². The summed E-state index contributed by atoms with van der Waals surface area (Å²) in [6.07, 6.45) is 5.49. The number of hydrogen-bond donors (Lipinski definition) is 1. The Morgan fingerprint density at radius 3 is 2.67 bits per heavy atom. The third-order valence-electron chi connectivity index (χ3n) is 2.81. The summed E-state index contributed by atoms with van der Waals surface area (Å²) in [5.74, 6) is 0.963. The molecule has 2 unspecified atom stereocenters. The highest BCUT2D eigenvalue weighted by atomic mass is 79.9. The van der Waals surface area contributed by atoms with Gasteiger partial charge in [-0.05, 0) is 34.3 Å². The van der Waals surface area contributed by atoms with Crippen LogP contribution in [-0.4, -0.2) is 5.11 Å². The lowest BCUT2D eigenvalue weighted by atomic mass is 9.92. The average molecular weight is 275 g/mol. The van der Waals surface area contributed by atoms with E-state index >= 15 is 0 Å². The molecule has 0 fully saturated rings. The molecule has 0 radical (unpaired) electrons. The van der Waals surface area contributed by atoms with Crippen LogP contribution in [0.3, 0.4) is 0 Å². The molecule has 3 heteroatoms. The van der Waals surface area contributed by atoms with Crippen molar-refractivity contribution in [1.29, 1.82) is 0 Å². The summed E-state index contributed by atoms with van der Waals surface area (Å²) in [5, 5.41) is 10.2. The molecule has 2 nitrogen and oxygen atoms in total. The molecule has 15 heavy (non-hydrogen) atoms. The minimum Gasteiger partial charge on any atom is -0.465 e. The van der Waals surface area contributed by atoms with E-state index in [1.54, 1.807) is 6.26 Å². The molecule has 0 saturated heterocycles. The number of furan rings is 1. The molecule has 2 atom stereocenters. The number of aliphatic hydroxyl groups is 1. The van der Waals surface area contributed by atoms with Crippen molar-refractivity contribution in [2.45, 2.75) is 45.6 Å². The first-order valence-electron chi connectivity index (χ1n) is 5.61. The van der Waals surface area contributed by atoms with Crippen molar-refractivity contribution in [2.24, 2.45) is 5.92 Å². The van der Waals surface area contributed by atoms with E-state index in [0.29, 0.717) is 11.7 Å². The van der Waals surface area contributed by atoms with Crippen LogP contribution >= 0.6 is 15.9 Å². The van der Waals surface area contributed by atoms with Gasteiger partial charge in [-0.25, -0.2) is 0 Å². The molecule has 0 spiro atoms. The van der Waals surface area contributed by atoms with Gasteiger partial charge in [0, 0.05) is 0 Å². The van der Waals surface area contributed by atoms with Crippen molar-refractivity contribution >= 4 is 15.9 Å². The summed E-state index contributed by atoms with van der Waals surface area (Å²) in [6.45, 7) is 4.28. The molecule has 0 aliphatic rings. The third-order valence-corrected chi connectivity index (χ3v) is 3.47. The molecular weight excluding hydrogens is 256 g/mol. The molecule has 0 aliphatic heterocycles. The van der Waals surface area contributed by atoms with Crippen molar-refractivity contribution in [1.82, 2.24) is 0 Å². The summed E-state index contributed by atoms with van der Waals surface area (Å²) in [5.41, 5.74) is 0. The van der Waals surface area contributed by atoms with Gasteiger partial charge in [-0.15, -0.1) is 0 Å². The fraction of sp³-hybridized carbons (Fsp3) is 0.667. The van der Waals surface area contributed by atoms with Gasteiger partial charge in [0.1, 0.15) is 11.9 Å². The van der Waals surface area contributed by atoms with Crippen LogP contribution in [0, 0.1) is 5.92 Å². The van der Waals surface area contributed by atoms with Crippen LogP contribution in [0.5, 0.6) is 0 Å². The van der Waals surface area contributed by atoms with Crippen molar-refractivity contribution in [3.05, 3.63) is 22.6 Å². The summed E-state index contributed by atoms with van der Waals surface area (Å²) in [4.78, 5) is 0. The first-order valence-corrected chi connectivity index (χ1v) is 6.40. The molecule has 0 aliphatic carbocycles. The Labute approximate surface area is 99.8 Å². The first kappa shape index (κ1) is 12.8. The van der Waals surface area contributed by atoms with Crippen molar-refractivity contribution < 1.29 is 9.52 Å². The Morgan fingerprint density at radius 1 is 1.47 bits per heavy atom. The molecule has 1 N–H and O–H groups in total. The van der Waals surface area contributed by atoms with Crippen LogP contribution in [0.15, 0.2) is 21.2 Å². The summed E-state index contributed by atoms with van der Waals surface area (Å²) < 4.78 is 6.16. The Morgan fingerprint density at radius 2 is 2.20 bits per heavy atom. The number of halogens is 1. The number of unbranched alkanes of at least 4 members (excludes halogenated alkanes) is 1. The minimum atomic E-state index is -0.481. The lowest BCUT2D eigenvalue weighted by Crippen LogP contribution is -2.11. The zero-order valence-corrected chi connectivity index (χ0v) is 11.0. The largest absolute Gasteiger partial charge is 0.465 e. The monoisotopic (exact) mass is 274 g/mol. The third kappa shape index (κ3) is 3.35. The van der Waals surface area contributed by atoms with Gasteiger partial charge in [-0.3, -0.25) is 0 Å². The average Bonchev–Trinajstić information content (AvgIpc) is 2.65. The summed E-state index contributed by atoms with van der Waals surface area (Å²) in [6, 6.07) is 1.82. The van der Waals surface area contributed by atoms with Gasteiger partial charge in [0.15, 0.2) is 0 Å². The van der Waals surface area contributed by atoms with Gasteiger partial charge >= 0.3 is 0 Å². The first-order chi connectivity index (χ1) is 7.20. The summed E-state index contributed by atoms with van der Waals surface area (Å²) >= 11 is 3.38. The van der Waals surface area contributed by atoms with E-state index in [0.717, 1.165) is 23.7 Å². The maximum atomic E-state index is 10.2. The van der Waals surface area contributed by atoms with Crippen LogP contribution in [0.1, 0.15) is 51.4 Å². The zero-order chi connectivity index (χ0) is 11.3. The van der Waals surface area contributed by atoms with E-state index in [-0.39, 0.29) is 0 Å². The minimum absolute atomic E-state index is 0.299. The Balaban J connectivity index is 2.64. The van der Waals surface area contributed by atoms with Gasteiger partial charge in [-0.2, -0.15) is 0 Å². The van der Waals surface area contributed by atoms with Crippen LogP contribution in [-0.2, 0) is 0 Å². The van der Waals surface area contributed by atoms with Crippen LogP contribution in [0.25, 0.3) is 0 Å². The smallest absolute Gasteiger partial charge is 0.146 e. The highest BCUT2D eigenvalue weighted by Gasteiger charge is 2.23. The molecule has 1 aromatic heterocycles. The highest BCUT2D eigenvalue weighted by Crippen LogP contribution is 2.33. The van der Waals surface area contributed by atoms with Crippen LogP contribution < -0.4 is 0 Å². The zero-order valence-electron chi connectivity index (χ0n) is 9.37. The second kappa shape index (κ2) is 6.33. The number of rotatable bonds is 6. The van der Waals surface area contributed by atoms with Crippen molar-refractivity contribution in [2.75, 3.05) is 0 Å². The van der Waals surface area contributed by atoms with E-state index in [9.17, 15) is 5.11 Å². The Kier molecular flexibility index (Phi) is 5.40. The van der Waals surface area contributed by atoms with Gasteiger partial charge < -0.3 is 9.52 Å². The SMILES string of the molecule is CCCCC(CC)C(O)c1occc1Br. The fourth-order valence-corrected chi connectivity index (χ4v) is 2.22. The summed E-state index contributed by atoms with van der Waals surface area (Å²) in [7, 11) is 0. The maximum Gasteiger partial charge on any atom is 0.146 e. The molecule has 0 aromatic carbocycles. The van der Waals surface area contributed by atoms with Gasteiger partial charge in [0.25, 0.3) is 0 Å². The molecular formula is C12H19BrO2. The standard InChI is InChI=1S/C12H19BrO2/c1-3-5-6-9(4-2)11(14)12-10(13)7-8-15-12/h7-9,11,14H,3-6H2,1-2H3. The van der Waals surface area contributed by atoms with E-state index in [1.807, 2.05) is 6.07 Å². The van der Waals surface area contributed by atoms with E-state index in [1.165, 1.54) is 6.42 Å². The topological polar surface area (TPSA) is 33.4 Å². The molecule has 1 aromatic rings. The molecule has 0 amide bonds. The molecule has 1 rings (SSSR count). The van der Waals surface area contributed by atoms with Crippen molar-refractivity contribution in [3.63, 3.8) is 0 Å². The van der Waals surface area contributed by atoms with E-state index in [4.69, 9.17) is 4.42 Å². The second-order valence-electron chi connectivity index (χ2n) is 3.89. The molecule has 0 bridgehead atoms. The highest BCUT2D eigenvalue weighted by molar-refractivity contribution is 9.10. The van der Waals surface area contributed by atoms with Crippen molar-refractivity contribution in [3.8, 4) is 0 Å². The normalized spacial score (nSPS) is 15.2. The number of hydrogen-bond acceptors (Lipinski definition) is 2. The van der Waals surface area contributed by atoms with Gasteiger partial charge in [-0.1, -0.05) is 33.1 Å². The Bertz CT molecular complexity index is 283. The Hall–Kier alpha value is -0.280. The number of aliphatic hydroxyl groups excluding tert-OH is 1. The van der Waals surface area contributed by atoms with E-state index < -0.39 is 6.10 Å². The predicted octanol–water partition coefficient (Wildman–Crippen LogP) is 4.29. The quantitative estimate of drug-likeness (QED) is 0.840. The molecule has 0 saturated carbocycles. The van der Waals surface area contributed by atoms with Gasteiger partial charge in [0.2, 0.25) is 0 Å².